The van der Waals surface area contributed by atoms with Gasteiger partial charge in [0.1, 0.15) is 12.1 Å². The predicted octanol–water partition coefficient (Wildman–Crippen LogP) is 4.59. The average Bonchev–Trinajstić information content (AvgIpc) is 3.55. The van der Waals surface area contributed by atoms with Crippen molar-refractivity contribution in [3.8, 4) is 0 Å². The Hall–Kier alpha value is -3.60. The maximum Gasteiger partial charge on any atom is 0.328 e. The number of hydrogen-bond donors (Lipinski definition) is 2. The number of sulfonamides is 1. The van der Waals surface area contributed by atoms with Crippen molar-refractivity contribution in [2.24, 2.45) is 5.41 Å². The zero-order valence-corrected chi connectivity index (χ0v) is 33.0. The van der Waals surface area contributed by atoms with Crippen molar-refractivity contribution in [3.05, 3.63) is 82.1 Å². The highest BCUT2D eigenvalue weighted by Crippen LogP contribution is 2.35. The molecule has 0 aliphatic carbocycles. The van der Waals surface area contributed by atoms with E-state index in [4.69, 9.17) is 27.9 Å². The van der Waals surface area contributed by atoms with Crippen LogP contribution in [-0.2, 0) is 40.6 Å². The number of sulfone groups is 1. The Balaban J connectivity index is 1.39. The number of carbonyl (C=O) groups is 3. The zero-order chi connectivity index (χ0) is 38.7. The van der Waals surface area contributed by atoms with E-state index < -0.39 is 49.7 Å². The van der Waals surface area contributed by atoms with Crippen molar-refractivity contribution in [2.45, 2.75) is 74.4 Å². The number of rotatable bonds is 12. The van der Waals surface area contributed by atoms with Gasteiger partial charge in [-0.15, -0.1) is 0 Å². The van der Waals surface area contributed by atoms with E-state index in [9.17, 15) is 31.2 Å². The summed E-state index contributed by atoms with van der Waals surface area (Å²) in [6.45, 7) is 7.45. The van der Waals surface area contributed by atoms with Gasteiger partial charge in [0, 0.05) is 49.9 Å². The number of nitrogens with one attached hydrogen (secondary N) is 2. The fourth-order valence-corrected chi connectivity index (χ4v) is 9.78. The van der Waals surface area contributed by atoms with E-state index in [0.29, 0.717) is 17.8 Å². The van der Waals surface area contributed by atoms with Gasteiger partial charge in [0.05, 0.1) is 32.0 Å². The van der Waals surface area contributed by atoms with Crippen LogP contribution in [0.4, 0.5) is 5.69 Å². The van der Waals surface area contributed by atoms with Gasteiger partial charge in [0.2, 0.25) is 15.9 Å². The fourth-order valence-electron chi connectivity index (χ4n) is 6.82. The van der Waals surface area contributed by atoms with E-state index in [0.717, 1.165) is 36.0 Å². The van der Waals surface area contributed by atoms with Gasteiger partial charge < -0.3 is 15.4 Å². The first-order valence-electron chi connectivity index (χ1n) is 17.1. The normalized spacial score (nSPS) is 20.0. The summed E-state index contributed by atoms with van der Waals surface area (Å²) < 4.78 is 59.5. The Morgan fingerprint density at radius 3 is 2.30 bits per heavy atom. The summed E-state index contributed by atoms with van der Waals surface area (Å²) in [5, 5.41) is 5.65. The van der Waals surface area contributed by atoms with E-state index in [-0.39, 0.29) is 62.8 Å². The molecular weight excluding hydrogens is 765 g/mol. The van der Waals surface area contributed by atoms with Crippen LogP contribution < -0.4 is 10.6 Å². The molecule has 1 aromatic heterocycles. The first-order valence-corrected chi connectivity index (χ1v) is 21.2. The largest absolute Gasteiger partial charge is 0.464 e. The van der Waals surface area contributed by atoms with Crippen molar-refractivity contribution in [3.63, 3.8) is 0 Å². The number of nitrogens with zero attached hydrogens (tertiary/aromatic N) is 3. The van der Waals surface area contributed by atoms with E-state index in [1.807, 2.05) is 0 Å². The molecule has 2 aliphatic rings. The third-order valence-corrected chi connectivity index (χ3v) is 13.0. The monoisotopic (exact) mass is 807 g/mol. The van der Waals surface area contributed by atoms with Gasteiger partial charge in [0.25, 0.3) is 5.91 Å². The average molecular weight is 809 g/mol. The Labute approximate surface area is 320 Å². The molecule has 2 aliphatic heterocycles. The van der Waals surface area contributed by atoms with Gasteiger partial charge in [0.15, 0.2) is 9.84 Å². The number of benzene rings is 2. The molecule has 2 N–H and O–H groups in total. The van der Waals surface area contributed by atoms with Crippen LogP contribution >= 0.6 is 23.2 Å². The summed E-state index contributed by atoms with van der Waals surface area (Å²) in [6.07, 6.45) is 5.71. The molecule has 2 fully saturated rings. The molecule has 2 amide bonds. The lowest BCUT2D eigenvalue weighted by Gasteiger charge is -2.41. The van der Waals surface area contributed by atoms with Gasteiger partial charge in [-0.3, -0.25) is 19.5 Å². The second-order valence-corrected chi connectivity index (χ2v) is 18.8. The van der Waals surface area contributed by atoms with Crippen LogP contribution in [0.1, 0.15) is 56.0 Å². The van der Waals surface area contributed by atoms with Crippen molar-refractivity contribution in [1.82, 2.24) is 19.5 Å². The number of ether oxygens (including phenoxy) is 1. The second kappa shape index (κ2) is 16.4. The summed E-state index contributed by atoms with van der Waals surface area (Å²) in [6, 6.07) is 8.98. The van der Waals surface area contributed by atoms with Crippen LogP contribution in [-0.4, -0.2) is 99.4 Å². The number of hydrogen-bond acceptors (Lipinski definition) is 10. The molecule has 3 heterocycles. The Bertz CT molecular complexity index is 2060. The number of carbonyl (C=O) groups excluding carboxylic acids is 3. The molecule has 13 nitrogen and oxygen atoms in total. The van der Waals surface area contributed by atoms with Gasteiger partial charge in [-0.25, -0.2) is 21.6 Å². The minimum absolute atomic E-state index is 0.000425. The molecule has 2 aromatic carbocycles. The first kappa shape index (κ1) is 40.6. The fraction of sp³-hybridized carbons (Fsp3) is 0.444. The van der Waals surface area contributed by atoms with Crippen molar-refractivity contribution < 1.29 is 36.0 Å². The first-order chi connectivity index (χ1) is 24.9. The highest BCUT2D eigenvalue weighted by Gasteiger charge is 2.47. The third-order valence-electron chi connectivity index (χ3n) is 9.44. The summed E-state index contributed by atoms with van der Waals surface area (Å²) >= 11 is 12.2. The van der Waals surface area contributed by atoms with Gasteiger partial charge >= 0.3 is 5.97 Å². The molecular formula is C36H43Cl2N5O8S2. The van der Waals surface area contributed by atoms with Crippen LogP contribution in [0.3, 0.4) is 0 Å². The Kier molecular flexibility index (Phi) is 12.6. The van der Waals surface area contributed by atoms with Gasteiger partial charge in [-0.2, -0.15) is 4.31 Å². The Morgan fingerprint density at radius 2 is 1.68 bits per heavy atom. The second-order valence-electron chi connectivity index (χ2n) is 14.1. The third kappa shape index (κ3) is 9.75. The quantitative estimate of drug-likeness (QED) is 0.247. The number of piperidine rings is 1. The number of esters is 1. The van der Waals surface area contributed by atoms with Crippen LogP contribution in [0, 0.1) is 5.41 Å². The van der Waals surface area contributed by atoms with Crippen LogP contribution in [0.2, 0.25) is 10.0 Å². The highest BCUT2D eigenvalue weighted by atomic mass is 35.5. The molecule has 286 valence electrons. The van der Waals surface area contributed by atoms with E-state index in [1.165, 1.54) is 30.6 Å². The predicted molar refractivity (Wildman–Crippen MR) is 201 cm³/mol. The standard InChI is InChI=1S/C36H43Cl2N5O8S2/c1-5-51-35(46)30(16-23-10-12-24(13-11-23)40-34(45)32-28(37)19-39-20-29(32)38)41-33(44)31-17-25(42-15-7-14-36(2,3)22-42)21-43(31)53(49,50)27-9-6-8-26(18-27)52(4,47)48/h6,8-13,18-20,25,30-31H,5,7,14-17,21-22H2,1-4H3,(H,40,45)(H,41,44)/t25-,30+,31?/m1/s1. The van der Waals surface area contributed by atoms with Gasteiger partial charge in [-0.1, -0.05) is 55.2 Å². The summed E-state index contributed by atoms with van der Waals surface area (Å²) in [4.78, 5) is 45.9. The van der Waals surface area contributed by atoms with E-state index >= 15 is 0 Å². The van der Waals surface area contributed by atoms with Crippen LogP contribution in [0.15, 0.2) is 70.7 Å². The topological polar surface area (TPSA) is 172 Å². The number of likely N-dealkylation sites (tertiary alicyclic amines) is 1. The summed E-state index contributed by atoms with van der Waals surface area (Å²) in [5.41, 5.74) is 1.09. The molecule has 0 spiro atoms. The number of amides is 2. The molecule has 2 saturated heterocycles. The smallest absolute Gasteiger partial charge is 0.328 e. The molecule has 3 aromatic rings. The lowest BCUT2D eigenvalue weighted by molar-refractivity contribution is -0.147. The molecule has 3 atom stereocenters. The van der Waals surface area contributed by atoms with Gasteiger partial charge in [-0.05, 0) is 74.0 Å². The SMILES string of the molecule is CCOC(=O)[C@H](Cc1ccc(NC(=O)c2c(Cl)cncc2Cl)cc1)NC(=O)C1C[C@@H](N2CCCC(C)(C)C2)CN1S(=O)(=O)c1cccc(S(C)(=O)=O)c1. The Morgan fingerprint density at radius 1 is 1.02 bits per heavy atom. The molecule has 0 saturated carbocycles. The maximum absolute atomic E-state index is 14.2. The maximum atomic E-state index is 14.2. The molecule has 0 bridgehead atoms. The minimum atomic E-state index is -4.37. The lowest BCUT2D eigenvalue weighted by atomic mass is 9.83. The lowest BCUT2D eigenvalue weighted by Crippen LogP contribution is -2.51. The highest BCUT2D eigenvalue weighted by molar-refractivity contribution is 7.91. The van der Waals surface area contributed by atoms with Crippen molar-refractivity contribution in [1.29, 1.82) is 0 Å². The van der Waals surface area contributed by atoms with Crippen LogP contribution in [0.25, 0.3) is 0 Å². The molecule has 17 heteroatoms. The summed E-state index contributed by atoms with van der Waals surface area (Å²) in [7, 11) is -8.09. The molecule has 5 rings (SSSR count). The number of anilines is 1. The molecule has 53 heavy (non-hydrogen) atoms. The molecule has 1 unspecified atom stereocenters. The molecule has 0 radical (unpaired) electrons. The summed E-state index contributed by atoms with van der Waals surface area (Å²) in [5.74, 6) is -1.93. The van der Waals surface area contributed by atoms with Crippen LogP contribution in [0.5, 0.6) is 0 Å². The number of pyridine rings is 1. The zero-order valence-electron chi connectivity index (χ0n) is 29.8. The van der Waals surface area contributed by atoms with Crippen molar-refractivity contribution >= 4 is 66.5 Å². The number of halogens is 2. The number of aromatic nitrogens is 1. The van der Waals surface area contributed by atoms with Crippen molar-refractivity contribution in [2.75, 3.05) is 37.8 Å². The minimum Gasteiger partial charge on any atom is -0.464 e. The van der Waals surface area contributed by atoms with E-state index in [1.54, 1.807) is 31.2 Å². The van der Waals surface area contributed by atoms with E-state index in [2.05, 4.69) is 34.4 Å².